The quantitative estimate of drug-likeness (QED) is 0.505. The minimum atomic E-state index is -0.483. The van der Waals surface area contributed by atoms with Gasteiger partial charge < -0.3 is 13.7 Å². The van der Waals surface area contributed by atoms with Crippen LogP contribution in [0, 0.1) is 20.8 Å². The predicted octanol–water partition coefficient (Wildman–Crippen LogP) is 4.48. The molecule has 0 aliphatic carbocycles. The molecule has 1 N–H and O–H groups in total. The molecule has 4 aromatic rings. The van der Waals surface area contributed by atoms with Crippen LogP contribution in [0.5, 0.6) is 5.75 Å². The van der Waals surface area contributed by atoms with Crippen molar-refractivity contribution in [2.75, 3.05) is 5.32 Å². The van der Waals surface area contributed by atoms with Gasteiger partial charge in [-0.2, -0.15) is 0 Å². The first-order valence-electron chi connectivity index (χ1n) is 9.35. The van der Waals surface area contributed by atoms with Crippen molar-refractivity contribution in [1.82, 2.24) is 15.1 Å². The van der Waals surface area contributed by atoms with Gasteiger partial charge >= 0.3 is 0 Å². The fourth-order valence-electron chi connectivity index (χ4n) is 2.89. The fraction of sp³-hybridized carbons (Fsp3) is 0.182. The molecule has 0 spiro atoms. The van der Waals surface area contributed by atoms with Gasteiger partial charge in [0.1, 0.15) is 23.8 Å². The monoisotopic (exact) mass is 404 g/mol. The Kier molecular flexibility index (Phi) is 5.30. The van der Waals surface area contributed by atoms with Crippen molar-refractivity contribution in [2.45, 2.75) is 27.4 Å². The average molecular weight is 404 g/mol. The zero-order chi connectivity index (χ0) is 21.1. The van der Waals surface area contributed by atoms with Crippen molar-refractivity contribution in [2.24, 2.45) is 0 Å². The van der Waals surface area contributed by atoms with Gasteiger partial charge in [-0.05, 0) is 56.2 Å². The Labute approximate surface area is 172 Å². The van der Waals surface area contributed by atoms with Crippen LogP contribution in [-0.4, -0.2) is 21.0 Å². The Balaban J connectivity index is 1.52. The van der Waals surface area contributed by atoms with Gasteiger partial charge in [0, 0.05) is 6.20 Å². The second-order valence-electron chi connectivity index (χ2n) is 6.82. The number of nitrogens with one attached hydrogen (secondary N) is 1. The standard InChI is InChI=1S/C22H20N4O4/c1-13-6-7-14(2)19(11-13)29-12-16-15(3)30-26-20(16)21(27)25-22-23-9-8-17(24-22)18-5-4-10-28-18/h4-11H,12H2,1-3H3,(H,23,24,25,27). The van der Waals surface area contributed by atoms with Crippen molar-refractivity contribution < 1.29 is 18.5 Å². The van der Waals surface area contributed by atoms with Crippen molar-refractivity contribution >= 4 is 11.9 Å². The molecule has 3 heterocycles. The molecule has 0 saturated carbocycles. The minimum Gasteiger partial charge on any atom is -0.488 e. The normalized spacial score (nSPS) is 10.8. The first kappa shape index (κ1) is 19.4. The van der Waals surface area contributed by atoms with Gasteiger partial charge in [-0.15, -0.1) is 0 Å². The van der Waals surface area contributed by atoms with E-state index in [2.05, 4.69) is 20.4 Å². The first-order valence-corrected chi connectivity index (χ1v) is 9.35. The first-order chi connectivity index (χ1) is 14.5. The maximum atomic E-state index is 12.8. The highest BCUT2D eigenvalue weighted by Gasteiger charge is 2.22. The van der Waals surface area contributed by atoms with E-state index >= 15 is 0 Å². The Morgan fingerprint density at radius 3 is 2.83 bits per heavy atom. The second-order valence-corrected chi connectivity index (χ2v) is 6.82. The summed E-state index contributed by atoms with van der Waals surface area (Å²) in [6.45, 7) is 5.84. The highest BCUT2D eigenvalue weighted by molar-refractivity contribution is 6.03. The summed E-state index contributed by atoms with van der Waals surface area (Å²) in [6.07, 6.45) is 3.09. The number of carbonyl (C=O) groups excluding carboxylic acids is 1. The molecule has 0 unspecified atom stereocenters. The maximum absolute atomic E-state index is 12.8. The van der Waals surface area contributed by atoms with E-state index in [4.69, 9.17) is 13.7 Å². The number of aromatic nitrogens is 3. The molecule has 3 aromatic heterocycles. The summed E-state index contributed by atoms with van der Waals surface area (Å²) in [6, 6.07) is 11.2. The third-order valence-corrected chi connectivity index (χ3v) is 4.57. The number of hydrogen-bond acceptors (Lipinski definition) is 7. The van der Waals surface area contributed by atoms with Gasteiger partial charge in [0.15, 0.2) is 11.5 Å². The van der Waals surface area contributed by atoms with Crippen LogP contribution >= 0.6 is 0 Å². The molecule has 152 valence electrons. The van der Waals surface area contributed by atoms with Crippen LogP contribution in [0.2, 0.25) is 0 Å². The summed E-state index contributed by atoms with van der Waals surface area (Å²) in [5.74, 6) is 1.49. The van der Waals surface area contributed by atoms with Crippen LogP contribution in [-0.2, 0) is 6.61 Å². The van der Waals surface area contributed by atoms with E-state index in [1.165, 1.54) is 0 Å². The van der Waals surface area contributed by atoms with E-state index < -0.39 is 5.91 Å². The van der Waals surface area contributed by atoms with E-state index in [0.717, 1.165) is 16.9 Å². The maximum Gasteiger partial charge on any atom is 0.280 e. The number of anilines is 1. The smallest absolute Gasteiger partial charge is 0.280 e. The molecule has 0 atom stereocenters. The van der Waals surface area contributed by atoms with Gasteiger partial charge in [-0.3, -0.25) is 10.1 Å². The number of ether oxygens (including phenoxy) is 1. The minimum absolute atomic E-state index is 0.129. The van der Waals surface area contributed by atoms with E-state index in [-0.39, 0.29) is 18.2 Å². The summed E-state index contributed by atoms with van der Waals surface area (Å²) >= 11 is 0. The molecular weight excluding hydrogens is 384 g/mol. The number of nitrogens with zero attached hydrogens (tertiary/aromatic N) is 3. The molecule has 1 aromatic carbocycles. The number of benzene rings is 1. The molecule has 0 fully saturated rings. The summed E-state index contributed by atoms with van der Waals surface area (Å²) in [7, 11) is 0. The zero-order valence-electron chi connectivity index (χ0n) is 16.8. The Morgan fingerprint density at radius 1 is 1.17 bits per heavy atom. The van der Waals surface area contributed by atoms with Crippen molar-refractivity contribution in [3.63, 3.8) is 0 Å². The molecule has 0 saturated heterocycles. The fourth-order valence-corrected chi connectivity index (χ4v) is 2.89. The highest BCUT2D eigenvalue weighted by Crippen LogP contribution is 2.23. The van der Waals surface area contributed by atoms with Gasteiger partial charge in [0.05, 0.1) is 11.8 Å². The molecule has 0 aliphatic heterocycles. The molecule has 0 bridgehead atoms. The van der Waals surface area contributed by atoms with Crippen molar-refractivity contribution in [3.8, 4) is 17.2 Å². The lowest BCUT2D eigenvalue weighted by Gasteiger charge is -2.10. The summed E-state index contributed by atoms with van der Waals surface area (Å²) in [5, 5.41) is 6.55. The Hall–Kier alpha value is -3.94. The number of aryl methyl sites for hydroxylation is 3. The molecule has 1 amide bonds. The molecular formula is C22H20N4O4. The highest BCUT2D eigenvalue weighted by atomic mass is 16.5. The van der Waals surface area contributed by atoms with Crippen LogP contribution in [0.4, 0.5) is 5.95 Å². The van der Waals surface area contributed by atoms with E-state index in [1.807, 2.05) is 32.0 Å². The van der Waals surface area contributed by atoms with Gasteiger partial charge in [-0.25, -0.2) is 9.97 Å². The average Bonchev–Trinajstić information content (AvgIpc) is 3.39. The van der Waals surface area contributed by atoms with Gasteiger partial charge in [0.2, 0.25) is 5.95 Å². The lowest BCUT2D eigenvalue weighted by atomic mass is 10.1. The SMILES string of the molecule is Cc1ccc(C)c(OCc2c(C(=O)Nc3nccc(-c4ccco4)n3)noc2C)c1. The molecule has 0 radical (unpaired) electrons. The number of hydrogen-bond donors (Lipinski definition) is 1. The summed E-state index contributed by atoms with van der Waals surface area (Å²) in [4.78, 5) is 21.2. The topological polar surface area (TPSA) is 103 Å². The van der Waals surface area contributed by atoms with Gasteiger partial charge in [-0.1, -0.05) is 17.3 Å². The predicted molar refractivity (Wildman–Crippen MR) is 109 cm³/mol. The zero-order valence-corrected chi connectivity index (χ0v) is 16.8. The third-order valence-electron chi connectivity index (χ3n) is 4.57. The van der Waals surface area contributed by atoms with Crippen molar-refractivity contribution in [3.05, 3.63) is 77.0 Å². The number of rotatable bonds is 6. The van der Waals surface area contributed by atoms with E-state index in [9.17, 15) is 4.79 Å². The van der Waals surface area contributed by atoms with Crippen LogP contribution in [0.1, 0.15) is 32.9 Å². The van der Waals surface area contributed by atoms with E-state index in [0.29, 0.717) is 22.8 Å². The molecule has 4 rings (SSSR count). The molecule has 8 heteroatoms. The van der Waals surface area contributed by atoms with Crippen LogP contribution < -0.4 is 10.1 Å². The number of amides is 1. The summed E-state index contributed by atoms with van der Waals surface area (Å²) < 4.78 is 16.5. The lowest BCUT2D eigenvalue weighted by molar-refractivity contribution is 0.101. The summed E-state index contributed by atoms with van der Waals surface area (Å²) in [5.41, 5.74) is 3.34. The second kappa shape index (κ2) is 8.20. The Morgan fingerprint density at radius 2 is 2.03 bits per heavy atom. The van der Waals surface area contributed by atoms with Crippen LogP contribution in [0.3, 0.4) is 0 Å². The molecule has 8 nitrogen and oxygen atoms in total. The van der Waals surface area contributed by atoms with Gasteiger partial charge in [0.25, 0.3) is 5.91 Å². The third kappa shape index (κ3) is 4.07. The lowest BCUT2D eigenvalue weighted by Crippen LogP contribution is -2.17. The molecule has 0 aliphatic rings. The van der Waals surface area contributed by atoms with Crippen LogP contribution in [0.15, 0.2) is 57.8 Å². The Bertz CT molecular complexity index is 1180. The largest absolute Gasteiger partial charge is 0.488 e. The molecule has 30 heavy (non-hydrogen) atoms. The number of furan rings is 1. The van der Waals surface area contributed by atoms with Crippen LogP contribution in [0.25, 0.3) is 11.5 Å². The van der Waals surface area contributed by atoms with E-state index in [1.54, 1.807) is 37.6 Å². The van der Waals surface area contributed by atoms with Crippen molar-refractivity contribution in [1.29, 1.82) is 0 Å². The number of carbonyl (C=O) groups is 1.